The Morgan fingerprint density at radius 2 is 1.80 bits per heavy atom. The molecule has 1 fully saturated rings. The first-order valence-corrected chi connectivity index (χ1v) is 13.0. The highest BCUT2D eigenvalue weighted by Crippen LogP contribution is 2.40. The van der Waals surface area contributed by atoms with E-state index in [0.717, 1.165) is 31.9 Å². The number of rotatable bonds is 8. The second-order valence-electron chi connectivity index (χ2n) is 9.67. The third kappa shape index (κ3) is 5.65. The number of amides is 1. The number of nitrogens with zero attached hydrogens (tertiary/aromatic N) is 5. The van der Waals surface area contributed by atoms with Crippen LogP contribution in [0.5, 0.6) is 0 Å². The molecule has 3 N–H and O–H groups in total. The predicted molar refractivity (Wildman–Crippen MR) is 152 cm³/mol. The van der Waals surface area contributed by atoms with E-state index in [-0.39, 0.29) is 28.2 Å². The summed E-state index contributed by atoms with van der Waals surface area (Å²) in [5.74, 6) is -3.98. The predicted octanol–water partition coefficient (Wildman–Crippen LogP) is 4.53. The second kappa shape index (κ2) is 11.4. The van der Waals surface area contributed by atoms with Gasteiger partial charge in [-0.2, -0.15) is 13.8 Å². The summed E-state index contributed by atoms with van der Waals surface area (Å²) in [4.78, 5) is 25.2. The number of hydrogen-bond donors (Lipinski definition) is 3. The summed E-state index contributed by atoms with van der Waals surface area (Å²) in [6.45, 7) is 5.09. The molecule has 5 rings (SSSR count). The number of aliphatic hydroxyl groups excluding tert-OH is 1. The summed E-state index contributed by atoms with van der Waals surface area (Å²) in [5, 5.41) is 15.5. The standard InChI is InChI=1S/C29H31F2N7O2/c1-3-5-25(40)32-22-7-4-6-20(18-22)29(30,31)26-24-12-13-38(19-39)27(24)35-28(34-26)33-21-8-10-23(11-9-21)37-16-14-36(2)15-17-37/h3-13,18,39H,14-17,19H2,1-2H3,(H,32,40)(H,33,34,35)/b5-3+. The Morgan fingerprint density at radius 3 is 2.50 bits per heavy atom. The lowest BCUT2D eigenvalue weighted by Crippen LogP contribution is -2.44. The molecule has 0 spiro atoms. The van der Waals surface area contributed by atoms with Gasteiger partial charge in [-0.25, -0.2) is 4.98 Å². The van der Waals surface area contributed by atoms with Crippen LogP contribution in [0.1, 0.15) is 18.2 Å². The van der Waals surface area contributed by atoms with Gasteiger partial charge in [0.2, 0.25) is 11.9 Å². The number of fused-ring (bicyclic) bond motifs is 1. The summed E-state index contributed by atoms with van der Waals surface area (Å²) in [7, 11) is 2.10. The summed E-state index contributed by atoms with van der Waals surface area (Å²) in [5.41, 5.74) is 1.27. The molecule has 1 saturated heterocycles. The van der Waals surface area contributed by atoms with E-state index in [2.05, 4.69) is 37.4 Å². The number of anilines is 4. The molecule has 9 nitrogen and oxygen atoms in total. The Kier molecular flexibility index (Phi) is 7.76. The summed E-state index contributed by atoms with van der Waals surface area (Å²) in [6.07, 6.45) is 4.36. The minimum absolute atomic E-state index is 0.0273. The molecule has 0 bridgehead atoms. The summed E-state index contributed by atoms with van der Waals surface area (Å²) >= 11 is 0. The first kappa shape index (κ1) is 27.2. The van der Waals surface area contributed by atoms with Gasteiger partial charge >= 0.3 is 5.92 Å². The zero-order chi connectivity index (χ0) is 28.3. The van der Waals surface area contributed by atoms with Gasteiger partial charge in [0.15, 0.2) is 0 Å². The van der Waals surface area contributed by atoms with Gasteiger partial charge in [0, 0.05) is 60.4 Å². The largest absolute Gasteiger partial charge is 0.376 e. The fraction of sp³-hybridized carbons (Fsp3) is 0.276. The van der Waals surface area contributed by atoms with Crippen molar-refractivity contribution in [2.24, 2.45) is 0 Å². The monoisotopic (exact) mass is 547 g/mol. The van der Waals surface area contributed by atoms with Crippen LogP contribution in [-0.2, 0) is 17.4 Å². The number of nitrogens with one attached hydrogen (secondary N) is 2. The Bertz CT molecular complexity index is 1530. The van der Waals surface area contributed by atoms with Gasteiger partial charge in [0.1, 0.15) is 18.1 Å². The normalized spacial score (nSPS) is 14.7. The number of aliphatic hydroxyl groups is 1. The third-order valence-electron chi connectivity index (χ3n) is 6.87. The highest BCUT2D eigenvalue weighted by atomic mass is 19.3. The number of likely N-dealkylation sites (N-methyl/N-ethyl adjacent to an activating group) is 1. The molecule has 0 radical (unpaired) electrons. The van der Waals surface area contributed by atoms with E-state index >= 15 is 8.78 Å². The van der Waals surface area contributed by atoms with E-state index in [9.17, 15) is 9.90 Å². The molecule has 1 aliphatic rings. The summed E-state index contributed by atoms with van der Waals surface area (Å²) in [6, 6.07) is 14.6. The third-order valence-corrected chi connectivity index (χ3v) is 6.87. The van der Waals surface area contributed by atoms with Crippen LogP contribution in [0.4, 0.5) is 31.8 Å². The van der Waals surface area contributed by atoms with Gasteiger partial charge in [-0.3, -0.25) is 4.79 Å². The zero-order valence-electron chi connectivity index (χ0n) is 22.3. The van der Waals surface area contributed by atoms with Crippen molar-refractivity contribution in [1.29, 1.82) is 0 Å². The number of aromatic nitrogens is 3. The number of alkyl halides is 2. The van der Waals surface area contributed by atoms with Crippen molar-refractivity contribution < 1.29 is 18.7 Å². The van der Waals surface area contributed by atoms with Gasteiger partial charge in [0.05, 0.1) is 0 Å². The quantitative estimate of drug-likeness (QED) is 0.279. The topological polar surface area (TPSA) is 98.6 Å². The Morgan fingerprint density at radius 1 is 1.05 bits per heavy atom. The van der Waals surface area contributed by atoms with Crippen molar-refractivity contribution in [3.05, 3.63) is 84.2 Å². The van der Waals surface area contributed by atoms with Crippen LogP contribution in [0, 0.1) is 0 Å². The second-order valence-corrected chi connectivity index (χ2v) is 9.67. The molecule has 1 amide bonds. The average molecular weight is 548 g/mol. The van der Waals surface area contributed by atoms with Crippen LogP contribution in [0.25, 0.3) is 11.0 Å². The first-order chi connectivity index (χ1) is 19.3. The molecule has 2 aromatic heterocycles. The van der Waals surface area contributed by atoms with Gasteiger partial charge in [-0.05, 0) is 62.5 Å². The number of hydrogen-bond acceptors (Lipinski definition) is 7. The highest BCUT2D eigenvalue weighted by molar-refractivity contribution is 5.99. The van der Waals surface area contributed by atoms with Crippen LogP contribution in [-0.4, -0.2) is 63.7 Å². The van der Waals surface area contributed by atoms with E-state index in [1.807, 2.05) is 24.3 Å². The fourth-order valence-electron chi connectivity index (χ4n) is 4.69. The lowest BCUT2D eigenvalue weighted by molar-refractivity contribution is -0.111. The average Bonchev–Trinajstić information content (AvgIpc) is 3.37. The maximum absolute atomic E-state index is 16.1. The molecule has 11 heteroatoms. The minimum Gasteiger partial charge on any atom is -0.376 e. The lowest BCUT2D eigenvalue weighted by Gasteiger charge is -2.34. The van der Waals surface area contributed by atoms with E-state index in [1.165, 1.54) is 47.2 Å². The molecule has 3 heterocycles. The van der Waals surface area contributed by atoms with Crippen molar-refractivity contribution in [1.82, 2.24) is 19.4 Å². The molecule has 40 heavy (non-hydrogen) atoms. The number of benzene rings is 2. The molecule has 208 valence electrons. The number of carbonyl (C=O) groups is 1. The van der Waals surface area contributed by atoms with Crippen molar-refractivity contribution in [3.63, 3.8) is 0 Å². The molecule has 0 unspecified atom stereocenters. The Balaban J connectivity index is 1.47. The Hall–Kier alpha value is -4.35. The number of carbonyl (C=O) groups excluding carboxylic acids is 1. The molecule has 1 aliphatic heterocycles. The molecule has 0 aliphatic carbocycles. The van der Waals surface area contributed by atoms with E-state index in [1.54, 1.807) is 13.0 Å². The van der Waals surface area contributed by atoms with Crippen LogP contribution < -0.4 is 15.5 Å². The van der Waals surface area contributed by atoms with Crippen molar-refractivity contribution >= 4 is 40.0 Å². The minimum atomic E-state index is -3.54. The van der Waals surface area contributed by atoms with Crippen LogP contribution in [0.2, 0.25) is 0 Å². The summed E-state index contributed by atoms with van der Waals surface area (Å²) < 4.78 is 33.5. The fourth-order valence-corrected chi connectivity index (χ4v) is 4.69. The SMILES string of the molecule is C/C=C/C(=O)Nc1cccc(C(F)(F)c2nc(Nc3ccc(N4CCN(C)CC4)cc3)nc3c2ccn3CO)c1. The van der Waals surface area contributed by atoms with Gasteiger partial charge in [-0.15, -0.1) is 0 Å². The van der Waals surface area contributed by atoms with Gasteiger partial charge in [0.25, 0.3) is 0 Å². The number of piperazine rings is 1. The molecule has 0 saturated carbocycles. The van der Waals surface area contributed by atoms with E-state index in [0.29, 0.717) is 5.69 Å². The Labute approximate surface area is 230 Å². The first-order valence-electron chi connectivity index (χ1n) is 13.0. The molecular formula is C29H31F2N7O2. The van der Waals surface area contributed by atoms with Crippen molar-refractivity contribution in [3.8, 4) is 0 Å². The van der Waals surface area contributed by atoms with E-state index in [4.69, 9.17) is 0 Å². The molecule has 4 aromatic rings. The maximum Gasteiger partial charge on any atom is 0.315 e. The molecular weight excluding hydrogens is 516 g/mol. The van der Waals surface area contributed by atoms with Crippen molar-refractivity contribution in [2.45, 2.75) is 19.6 Å². The highest BCUT2D eigenvalue weighted by Gasteiger charge is 2.39. The van der Waals surface area contributed by atoms with Gasteiger partial charge < -0.3 is 30.1 Å². The lowest BCUT2D eigenvalue weighted by atomic mass is 10.0. The van der Waals surface area contributed by atoms with Crippen molar-refractivity contribution in [2.75, 3.05) is 48.8 Å². The van der Waals surface area contributed by atoms with Crippen LogP contribution in [0.3, 0.4) is 0 Å². The maximum atomic E-state index is 16.1. The number of halogens is 2. The van der Waals surface area contributed by atoms with E-state index < -0.39 is 24.3 Å². The van der Waals surface area contributed by atoms with Crippen LogP contribution in [0.15, 0.2) is 72.9 Å². The smallest absolute Gasteiger partial charge is 0.315 e. The van der Waals surface area contributed by atoms with Gasteiger partial charge in [-0.1, -0.05) is 18.2 Å². The molecule has 0 atom stereocenters. The van der Waals surface area contributed by atoms with Crippen LogP contribution >= 0.6 is 0 Å². The number of allylic oxidation sites excluding steroid dienone is 1. The zero-order valence-corrected chi connectivity index (χ0v) is 22.3. The molecule has 2 aromatic carbocycles.